The van der Waals surface area contributed by atoms with Crippen LogP contribution in [-0.2, 0) is 22.5 Å². The molecule has 7 heteroatoms. The van der Waals surface area contributed by atoms with Crippen LogP contribution in [0.25, 0.3) is 0 Å². The molecule has 0 saturated carbocycles. The molecule has 3 rings (SSSR count). The van der Waals surface area contributed by atoms with Crippen molar-refractivity contribution in [3.63, 3.8) is 0 Å². The molecular weight excluding hydrogens is 318 g/mol. The Morgan fingerprint density at radius 3 is 2.88 bits per heavy atom. The van der Waals surface area contributed by atoms with Crippen LogP contribution >= 0.6 is 0 Å². The number of methoxy groups -OCH3 is 1. The van der Waals surface area contributed by atoms with Crippen molar-refractivity contribution in [2.75, 3.05) is 38.3 Å². The molecule has 0 aliphatic carbocycles. The van der Waals surface area contributed by atoms with Crippen molar-refractivity contribution >= 4 is 11.7 Å². The van der Waals surface area contributed by atoms with E-state index in [-0.39, 0.29) is 17.9 Å². The van der Waals surface area contributed by atoms with E-state index in [0.717, 1.165) is 62.8 Å². The average molecular weight is 347 g/mol. The Kier molecular flexibility index (Phi) is 5.86. The van der Waals surface area contributed by atoms with E-state index in [1.165, 1.54) is 5.56 Å². The zero-order chi connectivity index (χ0) is 17.8. The number of ether oxygens (including phenoxy) is 1. The summed E-state index contributed by atoms with van der Waals surface area (Å²) in [5.74, 6) is 2.13. The highest BCUT2D eigenvalue weighted by Gasteiger charge is 2.28. The number of aromatic nitrogens is 2. The van der Waals surface area contributed by atoms with E-state index in [0.29, 0.717) is 6.61 Å². The molecule has 1 fully saturated rings. The number of fused-ring (bicyclic) bond motifs is 1. The molecule has 1 amide bonds. The number of anilines is 1. The van der Waals surface area contributed by atoms with E-state index in [4.69, 9.17) is 9.72 Å². The van der Waals surface area contributed by atoms with Gasteiger partial charge in [0.05, 0.1) is 12.3 Å². The van der Waals surface area contributed by atoms with Gasteiger partial charge in [-0.2, -0.15) is 0 Å². The molecule has 138 valence electrons. The molecule has 3 heterocycles. The lowest BCUT2D eigenvalue weighted by atomic mass is 9.95. The van der Waals surface area contributed by atoms with Crippen LogP contribution in [0.4, 0.5) is 5.82 Å². The number of nitrogens with zero attached hydrogens (tertiary/aromatic N) is 3. The Hall–Kier alpha value is -1.73. The topological polar surface area (TPSA) is 79.4 Å². The fraction of sp³-hybridized carbons (Fsp3) is 0.722. The predicted molar refractivity (Wildman–Crippen MR) is 96.6 cm³/mol. The second-order valence-corrected chi connectivity index (χ2v) is 7.07. The van der Waals surface area contributed by atoms with Crippen molar-refractivity contribution in [2.45, 2.75) is 45.7 Å². The first-order chi connectivity index (χ1) is 12.1. The van der Waals surface area contributed by atoms with Crippen LogP contribution in [0.5, 0.6) is 0 Å². The van der Waals surface area contributed by atoms with E-state index in [1.807, 2.05) is 13.8 Å². The number of amides is 1. The van der Waals surface area contributed by atoms with Gasteiger partial charge in [0.1, 0.15) is 11.6 Å². The number of carbonyl (C=O) groups excluding carboxylic acids is 1. The van der Waals surface area contributed by atoms with Crippen LogP contribution in [0.15, 0.2) is 0 Å². The van der Waals surface area contributed by atoms with Gasteiger partial charge in [-0.1, -0.05) is 0 Å². The van der Waals surface area contributed by atoms with E-state index in [1.54, 1.807) is 7.11 Å². The van der Waals surface area contributed by atoms with E-state index in [2.05, 4.69) is 20.5 Å². The lowest BCUT2D eigenvalue weighted by Crippen LogP contribution is -2.45. The summed E-state index contributed by atoms with van der Waals surface area (Å²) >= 11 is 0. The Bertz CT molecular complexity index is 614. The van der Waals surface area contributed by atoms with Crippen molar-refractivity contribution in [1.29, 1.82) is 0 Å². The lowest BCUT2D eigenvalue weighted by molar-refractivity contribution is -0.126. The van der Waals surface area contributed by atoms with Gasteiger partial charge in [-0.05, 0) is 39.7 Å². The third-order valence-corrected chi connectivity index (χ3v) is 5.00. The Balaban J connectivity index is 1.63. The van der Waals surface area contributed by atoms with Gasteiger partial charge in [-0.25, -0.2) is 9.97 Å². The van der Waals surface area contributed by atoms with Crippen molar-refractivity contribution in [1.82, 2.24) is 20.6 Å². The van der Waals surface area contributed by atoms with Crippen LogP contribution in [0.2, 0.25) is 0 Å². The van der Waals surface area contributed by atoms with Crippen molar-refractivity contribution in [3.8, 4) is 0 Å². The average Bonchev–Trinajstić information content (AvgIpc) is 2.61. The smallest absolute Gasteiger partial charge is 0.223 e. The van der Waals surface area contributed by atoms with E-state index in [9.17, 15) is 4.79 Å². The molecule has 0 aromatic carbocycles. The van der Waals surface area contributed by atoms with Gasteiger partial charge in [-0.15, -0.1) is 0 Å². The first-order valence-corrected chi connectivity index (χ1v) is 9.20. The van der Waals surface area contributed by atoms with Gasteiger partial charge in [0.25, 0.3) is 0 Å². The van der Waals surface area contributed by atoms with Crippen LogP contribution in [0.3, 0.4) is 0 Å². The third-order valence-electron chi connectivity index (χ3n) is 5.00. The second kappa shape index (κ2) is 8.10. The normalized spacial score (nSPS) is 19.4. The summed E-state index contributed by atoms with van der Waals surface area (Å²) < 4.78 is 5.09. The summed E-state index contributed by atoms with van der Waals surface area (Å²) in [4.78, 5) is 24.0. The number of piperidine rings is 1. The van der Waals surface area contributed by atoms with Crippen molar-refractivity contribution in [2.24, 2.45) is 5.92 Å². The minimum atomic E-state index is 0.0552. The van der Waals surface area contributed by atoms with Crippen molar-refractivity contribution in [3.05, 3.63) is 17.1 Å². The molecule has 7 nitrogen and oxygen atoms in total. The SMILES string of the molecule is COC[C@H](C)NC(=O)C1CCN(c2nc(C)nc3c2CCNC3)CC1. The van der Waals surface area contributed by atoms with Gasteiger partial charge in [-0.3, -0.25) is 4.79 Å². The van der Waals surface area contributed by atoms with Gasteiger partial charge >= 0.3 is 0 Å². The molecule has 1 aromatic heterocycles. The maximum atomic E-state index is 12.4. The molecule has 0 bridgehead atoms. The second-order valence-electron chi connectivity index (χ2n) is 7.07. The Morgan fingerprint density at radius 2 is 2.16 bits per heavy atom. The van der Waals surface area contributed by atoms with Crippen LogP contribution < -0.4 is 15.5 Å². The van der Waals surface area contributed by atoms with Crippen LogP contribution in [0.1, 0.15) is 36.8 Å². The van der Waals surface area contributed by atoms with Gasteiger partial charge in [0, 0.05) is 44.3 Å². The summed E-state index contributed by atoms with van der Waals surface area (Å²) in [5.41, 5.74) is 2.41. The van der Waals surface area contributed by atoms with Crippen LogP contribution in [0, 0.1) is 12.8 Å². The van der Waals surface area contributed by atoms with E-state index < -0.39 is 0 Å². The lowest BCUT2D eigenvalue weighted by Gasteiger charge is -2.34. The quantitative estimate of drug-likeness (QED) is 0.820. The molecule has 25 heavy (non-hydrogen) atoms. The predicted octanol–water partition coefficient (Wildman–Crippen LogP) is 0.798. The number of hydrogen-bond donors (Lipinski definition) is 2. The first kappa shape index (κ1) is 18.1. The molecule has 2 aliphatic heterocycles. The molecule has 0 radical (unpaired) electrons. The van der Waals surface area contributed by atoms with Crippen molar-refractivity contribution < 1.29 is 9.53 Å². The summed E-state index contributed by atoms with van der Waals surface area (Å²) in [7, 11) is 1.65. The number of aryl methyl sites for hydroxylation is 1. The molecule has 1 aromatic rings. The molecule has 0 unspecified atom stereocenters. The van der Waals surface area contributed by atoms with Gasteiger partial charge in [0.2, 0.25) is 5.91 Å². The minimum absolute atomic E-state index is 0.0552. The van der Waals surface area contributed by atoms with E-state index >= 15 is 0 Å². The highest BCUT2D eigenvalue weighted by Crippen LogP contribution is 2.28. The fourth-order valence-electron chi connectivity index (χ4n) is 3.73. The zero-order valence-electron chi connectivity index (χ0n) is 15.5. The highest BCUT2D eigenvalue weighted by atomic mass is 16.5. The fourth-order valence-corrected chi connectivity index (χ4v) is 3.73. The monoisotopic (exact) mass is 347 g/mol. The molecule has 1 saturated heterocycles. The molecule has 1 atom stereocenters. The number of nitrogens with one attached hydrogen (secondary N) is 2. The number of rotatable bonds is 5. The minimum Gasteiger partial charge on any atom is -0.383 e. The maximum Gasteiger partial charge on any atom is 0.223 e. The number of carbonyl (C=O) groups is 1. The first-order valence-electron chi connectivity index (χ1n) is 9.20. The molecular formula is C18H29N5O2. The maximum absolute atomic E-state index is 12.4. The summed E-state index contributed by atoms with van der Waals surface area (Å²) in [5, 5.41) is 6.42. The summed E-state index contributed by atoms with van der Waals surface area (Å²) in [6.07, 6.45) is 2.70. The van der Waals surface area contributed by atoms with Gasteiger partial charge in [0.15, 0.2) is 0 Å². The van der Waals surface area contributed by atoms with Crippen LogP contribution in [-0.4, -0.2) is 55.3 Å². The Morgan fingerprint density at radius 1 is 1.40 bits per heavy atom. The largest absolute Gasteiger partial charge is 0.383 e. The molecule has 2 N–H and O–H groups in total. The summed E-state index contributed by atoms with van der Waals surface area (Å²) in [6, 6.07) is 0.0552. The summed E-state index contributed by atoms with van der Waals surface area (Å²) in [6.45, 7) is 8.01. The van der Waals surface area contributed by atoms with Gasteiger partial charge < -0.3 is 20.3 Å². The number of hydrogen-bond acceptors (Lipinski definition) is 6. The Labute approximate surface area is 149 Å². The molecule has 0 spiro atoms. The molecule has 2 aliphatic rings. The zero-order valence-corrected chi connectivity index (χ0v) is 15.5. The third kappa shape index (κ3) is 4.27. The standard InChI is InChI=1S/C18H29N5O2/c1-12(11-25-3)20-18(24)14-5-8-23(9-6-14)17-15-4-7-19-10-16(15)21-13(2)22-17/h12,14,19H,4-11H2,1-3H3,(H,20,24)/t12-/m0/s1. The highest BCUT2D eigenvalue weighted by molar-refractivity contribution is 5.79.